The fourth-order valence-electron chi connectivity index (χ4n) is 3.23. The van der Waals surface area contributed by atoms with Crippen molar-refractivity contribution >= 4 is 22.5 Å². The molecule has 0 saturated heterocycles. The standard InChI is InChI=1S/C21H20N6O/c1-13-7-8-15(22)11-17(13)21(28)24-14(2)18-12-20(27-10-9-23-26-27)25-19-6-4-3-5-16(18)19/h3-12,14H,22H2,1-2H3,(H,24,28). The second-order valence-electron chi connectivity index (χ2n) is 6.70. The smallest absolute Gasteiger partial charge is 0.252 e. The van der Waals surface area contributed by atoms with Crippen molar-refractivity contribution in [3.8, 4) is 5.82 Å². The number of hydrogen-bond acceptors (Lipinski definition) is 5. The van der Waals surface area contributed by atoms with E-state index in [4.69, 9.17) is 5.73 Å². The monoisotopic (exact) mass is 372 g/mol. The number of benzene rings is 2. The Morgan fingerprint density at radius 3 is 2.79 bits per heavy atom. The Bertz CT molecular complexity index is 1150. The van der Waals surface area contributed by atoms with Gasteiger partial charge in [0.1, 0.15) is 0 Å². The number of pyridine rings is 1. The van der Waals surface area contributed by atoms with Gasteiger partial charge in [0.05, 0.1) is 24.0 Å². The minimum atomic E-state index is -0.247. The second-order valence-corrected chi connectivity index (χ2v) is 6.70. The highest BCUT2D eigenvalue weighted by molar-refractivity contribution is 5.97. The molecule has 1 unspecified atom stereocenters. The summed E-state index contributed by atoms with van der Waals surface area (Å²) in [5, 5.41) is 11.9. The first kappa shape index (κ1) is 17.7. The van der Waals surface area contributed by atoms with E-state index in [0.29, 0.717) is 17.1 Å². The van der Waals surface area contributed by atoms with Crippen molar-refractivity contribution in [1.82, 2.24) is 25.3 Å². The zero-order chi connectivity index (χ0) is 19.7. The van der Waals surface area contributed by atoms with Crippen molar-refractivity contribution in [2.45, 2.75) is 19.9 Å². The number of nitrogens with one attached hydrogen (secondary N) is 1. The fraction of sp³-hybridized carbons (Fsp3) is 0.143. The van der Waals surface area contributed by atoms with E-state index in [9.17, 15) is 4.79 Å². The lowest BCUT2D eigenvalue weighted by Crippen LogP contribution is -2.27. The number of amides is 1. The van der Waals surface area contributed by atoms with Crippen molar-refractivity contribution in [2.24, 2.45) is 0 Å². The molecule has 0 bridgehead atoms. The van der Waals surface area contributed by atoms with Crippen LogP contribution in [0.25, 0.3) is 16.7 Å². The summed E-state index contributed by atoms with van der Waals surface area (Å²) in [7, 11) is 0. The number of hydrogen-bond donors (Lipinski definition) is 2. The Kier molecular flexibility index (Phi) is 4.49. The molecule has 3 N–H and O–H groups in total. The molecule has 0 saturated carbocycles. The number of rotatable bonds is 4. The number of nitrogens with two attached hydrogens (primary N) is 1. The van der Waals surface area contributed by atoms with Crippen molar-refractivity contribution < 1.29 is 4.79 Å². The number of carbonyl (C=O) groups is 1. The molecule has 4 aromatic rings. The lowest BCUT2D eigenvalue weighted by Gasteiger charge is -2.18. The number of nitrogen functional groups attached to an aromatic ring is 1. The van der Waals surface area contributed by atoms with E-state index in [-0.39, 0.29) is 11.9 Å². The largest absolute Gasteiger partial charge is 0.399 e. The second kappa shape index (κ2) is 7.11. The molecule has 0 fully saturated rings. The molecule has 0 aliphatic heterocycles. The van der Waals surface area contributed by atoms with Crippen LogP contribution >= 0.6 is 0 Å². The molecule has 7 heteroatoms. The number of anilines is 1. The number of carbonyl (C=O) groups excluding carboxylic acids is 1. The Labute approximate surface area is 162 Å². The average molecular weight is 372 g/mol. The third-order valence-corrected chi connectivity index (χ3v) is 4.71. The van der Waals surface area contributed by atoms with Crippen molar-refractivity contribution in [1.29, 1.82) is 0 Å². The molecule has 0 aliphatic carbocycles. The van der Waals surface area contributed by atoms with Crippen LogP contribution in [-0.4, -0.2) is 25.9 Å². The van der Waals surface area contributed by atoms with Gasteiger partial charge in [-0.05, 0) is 49.2 Å². The topological polar surface area (TPSA) is 98.7 Å². The molecule has 0 aliphatic rings. The van der Waals surface area contributed by atoms with E-state index in [0.717, 1.165) is 22.0 Å². The summed E-state index contributed by atoms with van der Waals surface area (Å²) in [5.41, 5.74) is 9.64. The van der Waals surface area contributed by atoms with Crippen LogP contribution in [0, 0.1) is 6.92 Å². The van der Waals surface area contributed by atoms with Crippen LogP contribution in [0.1, 0.15) is 34.5 Å². The Morgan fingerprint density at radius 2 is 2.00 bits per heavy atom. The van der Waals surface area contributed by atoms with Crippen molar-refractivity contribution in [2.75, 3.05) is 5.73 Å². The third kappa shape index (κ3) is 3.29. The maximum absolute atomic E-state index is 12.8. The minimum Gasteiger partial charge on any atom is -0.399 e. The van der Waals surface area contributed by atoms with E-state index >= 15 is 0 Å². The number of para-hydroxylation sites is 1. The number of fused-ring (bicyclic) bond motifs is 1. The van der Waals surface area contributed by atoms with Gasteiger partial charge in [-0.25, -0.2) is 9.67 Å². The summed E-state index contributed by atoms with van der Waals surface area (Å²) in [6.07, 6.45) is 3.34. The van der Waals surface area contributed by atoms with Gasteiger partial charge in [-0.2, -0.15) is 0 Å². The van der Waals surface area contributed by atoms with Gasteiger partial charge in [0.15, 0.2) is 5.82 Å². The van der Waals surface area contributed by atoms with Gasteiger partial charge in [0.2, 0.25) is 0 Å². The zero-order valence-electron chi connectivity index (χ0n) is 15.6. The van der Waals surface area contributed by atoms with Crippen LogP contribution in [0.5, 0.6) is 0 Å². The van der Waals surface area contributed by atoms with Crippen LogP contribution in [0.15, 0.2) is 60.9 Å². The van der Waals surface area contributed by atoms with Crippen LogP contribution in [-0.2, 0) is 0 Å². The molecule has 7 nitrogen and oxygen atoms in total. The Balaban J connectivity index is 1.73. The van der Waals surface area contributed by atoms with Crippen LogP contribution in [0.4, 0.5) is 5.69 Å². The van der Waals surface area contributed by atoms with Crippen molar-refractivity contribution in [3.05, 3.63) is 77.6 Å². The van der Waals surface area contributed by atoms with Gasteiger partial charge in [-0.15, -0.1) is 5.10 Å². The molecule has 0 spiro atoms. The van der Waals surface area contributed by atoms with Crippen molar-refractivity contribution in [3.63, 3.8) is 0 Å². The van der Waals surface area contributed by atoms with Crippen LogP contribution in [0.2, 0.25) is 0 Å². The highest BCUT2D eigenvalue weighted by Crippen LogP contribution is 2.26. The van der Waals surface area contributed by atoms with Gasteiger partial charge >= 0.3 is 0 Å². The molecule has 1 atom stereocenters. The Morgan fingerprint density at radius 1 is 1.18 bits per heavy atom. The fourth-order valence-corrected chi connectivity index (χ4v) is 3.23. The molecule has 2 aromatic heterocycles. The molecule has 2 heterocycles. The maximum Gasteiger partial charge on any atom is 0.252 e. The van der Waals surface area contributed by atoms with E-state index in [1.807, 2.05) is 50.2 Å². The predicted molar refractivity (Wildman–Crippen MR) is 108 cm³/mol. The van der Waals surface area contributed by atoms with E-state index in [1.165, 1.54) is 0 Å². The van der Waals surface area contributed by atoms with Crippen LogP contribution < -0.4 is 11.1 Å². The highest BCUT2D eigenvalue weighted by atomic mass is 16.1. The van der Waals surface area contributed by atoms with E-state index < -0.39 is 0 Å². The lowest BCUT2D eigenvalue weighted by atomic mass is 10.0. The van der Waals surface area contributed by atoms with Gasteiger partial charge in [-0.1, -0.05) is 29.5 Å². The molecular formula is C21H20N6O. The summed E-state index contributed by atoms with van der Waals surface area (Å²) >= 11 is 0. The van der Waals surface area contributed by atoms with Gasteiger partial charge in [0.25, 0.3) is 5.91 Å². The van der Waals surface area contributed by atoms with Crippen LogP contribution in [0.3, 0.4) is 0 Å². The number of aryl methyl sites for hydroxylation is 1. The molecule has 1 amide bonds. The van der Waals surface area contributed by atoms with Gasteiger partial charge in [-0.3, -0.25) is 4.79 Å². The van der Waals surface area contributed by atoms with Gasteiger partial charge in [0, 0.05) is 16.6 Å². The molecule has 2 aromatic carbocycles. The molecule has 0 radical (unpaired) electrons. The summed E-state index contributed by atoms with van der Waals surface area (Å²) in [5.74, 6) is 0.480. The molecule has 28 heavy (non-hydrogen) atoms. The lowest BCUT2D eigenvalue weighted by molar-refractivity contribution is 0.0939. The number of nitrogens with zero attached hydrogens (tertiary/aromatic N) is 4. The Hall–Kier alpha value is -3.74. The molecule has 4 rings (SSSR count). The zero-order valence-corrected chi connectivity index (χ0v) is 15.6. The normalized spacial score (nSPS) is 12.1. The predicted octanol–water partition coefficient (Wildman–Crippen LogP) is 3.20. The first-order valence-electron chi connectivity index (χ1n) is 8.96. The first-order valence-corrected chi connectivity index (χ1v) is 8.96. The summed E-state index contributed by atoms with van der Waals surface area (Å²) in [6.45, 7) is 3.84. The van der Waals surface area contributed by atoms with Gasteiger partial charge < -0.3 is 11.1 Å². The molecular weight excluding hydrogens is 352 g/mol. The highest BCUT2D eigenvalue weighted by Gasteiger charge is 2.17. The first-order chi connectivity index (χ1) is 13.5. The number of aromatic nitrogens is 4. The summed E-state index contributed by atoms with van der Waals surface area (Å²) in [6, 6.07) is 14.8. The summed E-state index contributed by atoms with van der Waals surface area (Å²) in [4.78, 5) is 17.5. The quantitative estimate of drug-likeness (QED) is 0.536. The van der Waals surface area contributed by atoms with E-state index in [2.05, 4.69) is 20.6 Å². The third-order valence-electron chi connectivity index (χ3n) is 4.71. The SMILES string of the molecule is Cc1ccc(N)cc1C(=O)NC(C)c1cc(-n2ccnn2)nc2ccccc12. The van der Waals surface area contributed by atoms with E-state index in [1.54, 1.807) is 29.2 Å². The summed E-state index contributed by atoms with van der Waals surface area (Å²) < 4.78 is 1.60. The average Bonchev–Trinajstić information content (AvgIpc) is 3.23. The molecule has 140 valence electrons. The minimum absolute atomic E-state index is 0.166. The maximum atomic E-state index is 12.8.